The van der Waals surface area contributed by atoms with Crippen molar-refractivity contribution in [1.29, 1.82) is 0 Å². The van der Waals surface area contributed by atoms with E-state index in [4.69, 9.17) is 4.74 Å². The molecule has 42 heavy (non-hydrogen) atoms. The van der Waals surface area contributed by atoms with E-state index in [0.29, 0.717) is 0 Å². The van der Waals surface area contributed by atoms with Crippen molar-refractivity contribution < 1.29 is 9.84 Å². The molecule has 4 nitrogen and oxygen atoms in total. The molecule has 0 spiro atoms. The number of methoxy groups -OCH3 is 1. The zero-order valence-electron chi connectivity index (χ0n) is 25.0. The number of ether oxygens (including phenoxy) is 1. The van der Waals surface area contributed by atoms with Gasteiger partial charge in [0.2, 0.25) is 0 Å². The number of benzene rings is 5. The van der Waals surface area contributed by atoms with Crippen molar-refractivity contribution in [2.45, 2.75) is 47.4 Å². The average molecular weight is 553 g/mol. The zero-order valence-corrected chi connectivity index (χ0v) is 25.0. The van der Waals surface area contributed by atoms with E-state index in [1.165, 1.54) is 54.7 Å². The van der Waals surface area contributed by atoms with Gasteiger partial charge in [0.25, 0.3) is 0 Å². The molecule has 4 heteroatoms. The van der Waals surface area contributed by atoms with Gasteiger partial charge >= 0.3 is 0 Å². The molecule has 7 rings (SSSR count). The van der Waals surface area contributed by atoms with E-state index in [9.17, 15) is 5.11 Å². The Kier molecular flexibility index (Phi) is 6.32. The third-order valence-electron chi connectivity index (χ3n) is 8.89. The molecule has 0 radical (unpaired) electrons. The van der Waals surface area contributed by atoms with Gasteiger partial charge in [-0.1, -0.05) is 35.4 Å². The molecule has 1 N–H and O–H groups in total. The first-order chi connectivity index (χ1) is 20.4. The molecule has 0 amide bonds. The predicted molar refractivity (Wildman–Crippen MR) is 177 cm³/mol. The molecule has 0 saturated carbocycles. The Hall–Kier alpha value is -4.54. The van der Waals surface area contributed by atoms with Gasteiger partial charge in [0.15, 0.2) is 0 Å². The Bertz CT molecular complexity index is 2010. The van der Waals surface area contributed by atoms with Crippen molar-refractivity contribution in [3.8, 4) is 28.0 Å². The lowest BCUT2D eigenvalue weighted by molar-refractivity contribution is 0.282. The van der Waals surface area contributed by atoms with E-state index in [-0.39, 0.29) is 6.61 Å². The number of aliphatic hydroxyl groups excluding tert-OH is 1. The number of aromatic nitrogens is 2. The van der Waals surface area contributed by atoms with Crippen molar-refractivity contribution in [3.05, 3.63) is 102 Å². The standard InChI is InChI=1S/C38H36N2O2/c1-6-39-34-12-8-23(3)16-30(34)32-18-25(10-14-36(32)39)28-21-38(42-5)29(20-27(28)22-41)26-11-15-37-33(19-26)31-17-24(4)9-13-35(31)40(37)7-2/h8-21,41H,6-7,22H2,1-5H3. The molecule has 7 aromatic rings. The highest BCUT2D eigenvalue weighted by atomic mass is 16.5. The Morgan fingerprint density at radius 1 is 0.571 bits per heavy atom. The van der Waals surface area contributed by atoms with Crippen LogP contribution in [0.5, 0.6) is 5.75 Å². The van der Waals surface area contributed by atoms with E-state index in [2.05, 4.69) is 122 Å². The molecule has 0 fully saturated rings. The van der Waals surface area contributed by atoms with Crippen molar-refractivity contribution in [1.82, 2.24) is 9.13 Å². The summed E-state index contributed by atoms with van der Waals surface area (Å²) in [6.45, 7) is 10.4. The zero-order chi connectivity index (χ0) is 29.1. The first-order valence-corrected chi connectivity index (χ1v) is 14.8. The first-order valence-electron chi connectivity index (χ1n) is 14.8. The smallest absolute Gasteiger partial charge is 0.127 e. The third-order valence-corrected chi connectivity index (χ3v) is 8.89. The summed E-state index contributed by atoms with van der Waals surface area (Å²) < 4.78 is 10.8. The van der Waals surface area contributed by atoms with Crippen LogP contribution in [0.1, 0.15) is 30.5 Å². The van der Waals surface area contributed by atoms with Crippen LogP contribution in [-0.4, -0.2) is 21.4 Å². The molecule has 5 aromatic carbocycles. The molecular formula is C38H36N2O2. The van der Waals surface area contributed by atoms with Crippen LogP contribution in [-0.2, 0) is 19.7 Å². The second-order valence-electron chi connectivity index (χ2n) is 11.4. The highest BCUT2D eigenvalue weighted by molar-refractivity contribution is 6.11. The number of fused-ring (bicyclic) bond motifs is 6. The summed E-state index contributed by atoms with van der Waals surface area (Å²) >= 11 is 0. The minimum atomic E-state index is -0.0588. The lowest BCUT2D eigenvalue weighted by Crippen LogP contribution is -1.96. The number of rotatable bonds is 6. The molecule has 0 aliphatic carbocycles. The maximum Gasteiger partial charge on any atom is 0.127 e. The molecule has 0 unspecified atom stereocenters. The fraction of sp³-hybridized carbons (Fsp3) is 0.211. The lowest BCUT2D eigenvalue weighted by Gasteiger charge is -2.16. The van der Waals surface area contributed by atoms with Crippen LogP contribution in [0.25, 0.3) is 65.9 Å². The van der Waals surface area contributed by atoms with Gasteiger partial charge in [-0.3, -0.25) is 0 Å². The number of hydrogen-bond acceptors (Lipinski definition) is 2. The molecular weight excluding hydrogens is 516 g/mol. The number of nitrogens with zero attached hydrogens (tertiary/aromatic N) is 2. The normalized spacial score (nSPS) is 11.9. The topological polar surface area (TPSA) is 39.3 Å². The maximum absolute atomic E-state index is 10.6. The Morgan fingerprint density at radius 2 is 1.02 bits per heavy atom. The van der Waals surface area contributed by atoms with Crippen LogP contribution in [0.4, 0.5) is 0 Å². The van der Waals surface area contributed by atoms with Crippen molar-refractivity contribution >= 4 is 43.6 Å². The summed E-state index contributed by atoms with van der Waals surface area (Å²) in [7, 11) is 1.73. The summed E-state index contributed by atoms with van der Waals surface area (Å²) in [5.74, 6) is 0.795. The fourth-order valence-corrected chi connectivity index (χ4v) is 6.87. The summed E-state index contributed by atoms with van der Waals surface area (Å²) in [5.41, 5.74) is 12.5. The molecule has 0 aliphatic rings. The van der Waals surface area contributed by atoms with Gasteiger partial charge in [-0.2, -0.15) is 0 Å². The van der Waals surface area contributed by atoms with Gasteiger partial charge in [0, 0.05) is 62.3 Å². The lowest BCUT2D eigenvalue weighted by atomic mass is 9.93. The quantitative estimate of drug-likeness (QED) is 0.223. The molecule has 210 valence electrons. The van der Waals surface area contributed by atoms with E-state index >= 15 is 0 Å². The molecule has 0 aliphatic heterocycles. The van der Waals surface area contributed by atoms with Crippen LogP contribution < -0.4 is 4.74 Å². The predicted octanol–water partition coefficient (Wildman–Crippen LogP) is 9.39. The molecule has 0 bridgehead atoms. The summed E-state index contributed by atoms with van der Waals surface area (Å²) in [5, 5.41) is 15.6. The van der Waals surface area contributed by atoms with E-state index in [1.807, 2.05) is 0 Å². The van der Waals surface area contributed by atoms with Crippen molar-refractivity contribution in [2.75, 3.05) is 7.11 Å². The highest BCUT2D eigenvalue weighted by Gasteiger charge is 2.18. The number of aryl methyl sites for hydroxylation is 4. The summed E-state index contributed by atoms with van der Waals surface area (Å²) in [6.07, 6.45) is 0. The monoisotopic (exact) mass is 552 g/mol. The maximum atomic E-state index is 10.6. The highest BCUT2D eigenvalue weighted by Crippen LogP contribution is 2.41. The van der Waals surface area contributed by atoms with Gasteiger partial charge in [-0.25, -0.2) is 0 Å². The summed E-state index contributed by atoms with van der Waals surface area (Å²) in [6, 6.07) is 30.9. The number of hydrogen-bond donors (Lipinski definition) is 1. The van der Waals surface area contributed by atoms with Crippen molar-refractivity contribution in [3.63, 3.8) is 0 Å². The fourth-order valence-electron chi connectivity index (χ4n) is 6.87. The molecule has 0 saturated heterocycles. The van der Waals surface area contributed by atoms with E-state index < -0.39 is 0 Å². The van der Waals surface area contributed by atoms with Crippen LogP contribution >= 0.6 is 0 Å². The van der Waals surface area contributed by atoms with E-state index in [1.54, 1.807) is 7.11 Å². The van der Waals surface area contributed by atoms with Gasteiger partial charge in [0.1, 0.15) is 5.75 Å². The molecule has 2 heterocycles. The second-order valence-corrected chi connectivity index (χ2v) is 11.4. The first kappa shape index (κ1) is 26.4. The van der Waals surface area contributed by atoms with E-state index in [0.717, 1.165) is 46.7 Å². The Morgan fingerprint density at radius 3 is 1.48 bits per heavy atom. The van der Waals surface area contributed by atoms with Gasteiger partial charge in [0.05, 0.1) is 13.7 Å². The average Bonchev–Trinajstić information content (AvgIpc) is 3.50. The molecule has 0 atom stereocenters. The van der Waals surface area contributed by atoms with Gasteiger partial charge in [-0.05, 0) is 111 Å². The van der Waals surface area contributed by atoms with Gasteiger partial charge < -0.3 is 19.0 Å². The molecule has 2 aromatic heterocycles. The minimum absolute atomic E-state index is 0.0588. The SMILES string of the molecule is CCn1c2ccc(C)cc2c2cc(-c3cc(OC)c(-c4ccc5c(c4)c4cc(C)ccc4n5CC)cc3CO)ccc21. The van der Waals surface area contributed by atoms with Gasteiger partial charge in [-0.15, -0.1) is 0 Å². The van der Waals surface area contributed by atoms with Crippen LogP contribution in [0, 0.1) is 13.8 Å². The second kappa shape index (κ2) is 10.1. The minimum Gasteiger partial charge on any atom is -0.496 e. The largest absolute Gasteiger partial charge is 0.496 e. The third kappa shape index (κ3) is 3.93. The number of aliphatic hydroxyl groups is 1. The van der Waals surface area contributed by atoms with Crippen LogP contribution in [0.15, 0.2) is 84.9 Å². The van der Waals surface area contributed by atoms with Crippen LogP contribution in [0.3, 0.4) is 0 Å². The Labute approximate surface area is 246 Å². The summed E-state index contributed by atoms with van der Waals surface area (Å²) in [4.78, 5) is 0. The van der Waals surface area contributed by atoms with Crippen molar-refractivity contribution in [2.24, 2.45) is 0 Å². The van der Waals surface area contributed by atoms with Crippen LogP contribution in [0.2, 0.25) is 0 Å². The Balaban J connectivity index is 1.42.